The monoisotopic (exact) mass is 560 g/mol. The van der Waals surface area contributed by atoms with Gasteiger partial charge in [-0.3, -0.25) is 0 Å². The maximum Gasteiger partial charge on any atom is 0.339 e. The first kappa shape index (κ1) is 35.6. The lowest BCUT2D eigenvalue weighted by Gasteiger charge is -2.10. The largest absolute Gasteiger partial charge is 0.462 e. The summed E-state index contributed by atoms with van der Waals surface area (Å²) in [6, 6.07) is 23.5. The molecule has 0 saturated carbocycles. The van der Waals surface area contributed by atoms with Crippen LogP contribution in [-0.4, -0.2) is 25.2 Å². The fourth-order valence-corrected chi connectivity index (χ4v) is 4.22. The Balaban J connectivity index is 0.000000525. The molecule has 0 N–H and O–H groups in total. The van der Waals surface area contributed by atoms with E-state index in [0.717, 1.165) is 25.7 Å². The molecular formula is C37H52O4. The molecule has 0 radical (unpaired) electrons. The van der Waals surface area contributed by atoms with Crippen molar-refractivity contribution in [1.82, 2.24) is 0 Å². The van der Waals surface area contributed by atoms with Crippen LogP contribution in [0.25, 0.3) is 10.8 Å². The molecular weight excluding hydrogens is 508 g/mol. The van der Waals surface area contributed by atoms with E-state index in [1.807, 2.05) is 6.92 Å². The van der Waals surface area contributed by atoms with Crippen LogP contribution in [0.2, 0.25) is 0 Å². The average Bonchev–Trinajstić information content (AvgIpc) is 3.00. The molecule has 3 aromatic rings. The third-order valence-electron chi connectivity index (χ3n) is 6.49. The Bertz CT molecular complexity index is 990. The highest BCUT2D eigenvalue weighted by Crippen LogP contribution is 2.14. The van der Waals surface area contributed by atoms with E-state index in [2.05, 4.69) is 69.0 Å². The fourth-order valence-electron chi connectivity index (χ4n) is 4.22. The molecule has 4 nitrogen and oxygen atoms in total. The second-order valence-electron chi connectivity index (χ2n) is 10.1. The van der Waals surface area contributed by atoms with Gasteiger partial charge in [0.2, 0.25) is 0 Å². The molecule has 41 heavy (non-hydrogen) atoms. The van der Waals surface area contributed by atoms with Gasteiger partial charge in [-0.25, -0.2) is 9.59 Å². The van der Waals surface area contributed by atoms with Crippen molar-refractivity contribution < 1.29 is 19.1 Å². The zero-order valence-electron chi connectivity index (χ0n) is 25.7. The van der Waals surface area contributed by atoms with Gasteiger partial charge in [0.25, 0.3) is 0 Å². The summed E-state index contributed by atoms with van der Waals surface area (Å²) in [4.78, 5) is 24.7. The highest BCUT2D eigenvalue weighted by Gasteiger charge is 2.18. The molecule has 0 bridgehead atoms. The first-order valence-electron chi connectivity index (χ1n) is 15.5. The van der Waals surface area contributed by atoms with Gasteiger partial charge in [-0.05, 0) is 42.7 Å². The van der Waals surface area contributed by atoms with E-state index in [9.17, 15) is 9.59 Å². The quantitative estimate of drug-likeness (QED) is 0.0993. The van der Waals surface area contributed by atoms with Gasteiger partial charge in [0.15, 0.2) is 0 Å². The minimum absolute atomic E-state index is 0.293. The number of carbonyl (C=O) groups excluding carboxylic acids is 2. The third-order valence-corrected chi connectivity index (χ3v) is 6.49. The van der Waals surface area contributed by atoms with Crippen molar-refractivity contribution in [2.45, 2.75) is 97.8 Å². The van der Waals surface area contributed by atoms with E-state index in [1.54, 1.807) is 30.3 Å². The molecule has 0 aliphatic carbocycles. The van der Waals surface area contributed by atoms with Crippen LogP contribution in [0.3, 0.4) is 0 Å². The number of hydrogen-bond donors (Lipinski definition) is 0. The van der Waals surface area contributed by atoms with Gasteiger partial charge in [0.05, 0.1) is 24.3 Å². The molecule has 0 spiro atoms. The molecule has 0 atom stereocenters. The zero-order chi connectivity index (χ0) is 30.0. The lowest BCUT2D eigenvalue weighted by atomic mass is 10.1. The molecule has 224 valence electrons. The van der Waals surface area contributed by atoms with Gasteiger partial charge in [0.1, 0.15) is 0 Å². The number of ether oxygens (including phenoxy) is 2. The molecule has 0 aromatic heterocycles. The van der Waals surface area contributed by atoms with E-state index in [-0.39, 0.29) is 0 Å². The smallest absolute Gasteiger partial charge is 0.339 e. The van der Waals surface area contributed by atoms with Crippen molar-refractivity contribution in [1.29, 1.82) is 0 Å². The van der Waals surface area contributed by atoms with Crippen LogP contribution in [-0.2, 0) is 9.47 Å². The van der Waals surface area contributed by atoms with Gasteiger partial charge in [-0.15, -0.1) is 6.58 Å². The number of allylic oxidation sites excluding steroid dienone is 1. The van der Waals surface area contributed by atoms with E-state index >= 15 is 0 Å². The van der Waals surface area contributed by atoms with Crippen LogP contribution in [0.1, 0.15) is 119 Å². The fraction of sp³-hybridized carbons (Fsp3) is 0.459. The highest BCUT2D eigenvalue weighted by atomic mass is 16.5. The van der Waals surface area contributed by atoms with Crippen molar-refractivity contribution >= 4 is 22.7 Å². The summed E-state index contributed by atoms with van der Waals surface area (Å²) in [5.41, 5.74) is 0.586. The van der Waals surface area contributed by atoms with E-state index in [0.29, 0.717) is 24.3 Å². The average molecular weight is 561 g/mol. The topological polar surface area (TPSA) is 52.6 Å². The van der Waals surface area contributed by atoms with Crippen LogP contribution in [0.4, 0.5) is 0 Å². The minimum Gasteiger partial charge on any atom is -0.462 e. The van der Waals surface area contributed by atoms with E-state index in [1.165, 1.54) is 62.1 Å². The summed E-state index contributed by atoms with van der Waals surface area (Å²) in [6.07, 6.45) is 15.4. The van der Waals surface area contributed by atoms with Crippen LogP contribution < -0.4 is 0 Å². The first-order valence-corrected chi connectivity index (χ1v) is 15.5. The standard InChI is InChI=1S/C24H38O4.C10H8.C3H6/c1-3-5-7-9-11-15-19-27-23(25)21-17-13-14-18-22(21)24(26)28-20-16-12-10-8-6-4-2;1-2-6-10-8-4-3-7-9(10)5-1;1-3-2/h13-14,17-18H,3-12,15-16,19-20H2,1-2H3;1-8H;3H,1H2,2H3. The van der Waals surface area contributed by atoms with Crippen LogP contribution >= 0.6 is 0 Å². The number of carbonyl (C=O) groups is 2. The van der Waals surface area contributed by atoms with E-state index < -0.39 is 11.9 Å². The maximum absolute atomic E-state index is 12.4. The summed E-state index contributed by atoms with van der Waals surface area (Å²) in [5.74, 6) is -0.888. The Labute approximate surface area is 249 Å². The van der Waals surface area contributed by atoms with Gasteiger partial charge in [-0.2, -0.15) is 0 Å². The summed E-state index contributed by atoms with van der Waals surface area (Å²) in [6.45, 7) is 10.4. The molecule has 0 amide bonds. The lowest BCUT2D eigenvalue weighted by Crippen LogP contribution is -2.15. The predicted octanol–water partition coefficient (Wildman–Crippen LogP) is 10.8. The molecule has 0 heterocycles. The van der Waals surface area contributed by atoms with Crippen molar-refractivity contribution in [3.63, 3.8) is 0 Å². The Hall–Kier alpha value is -3.40. The van der Waals surface area contributed by atoms with Gasteiger partial charge in [-0.1, -0.05) is 145 Å². The number of fused-ring (bicyclic) bond motifs is 1. The number of rotatable bonds is 16. The van der Waals surface area contributed by atoms with Gasteiger partial charge < -0.3 is 9.47 Å². The Morgan fingerprint density at radius 2 is 0.854 bits per heavy atom. The SMILES string of the molecule is C=CC.CCCCCCCCOC(=O)c1ccccc1C(=O)OCCCCCCCC.c1ccc2ccccc2c1. The van der Waals surface area contributed by atoms with Crippen LogP contribution in [0, 0.1) is 0 Å². The molecule has 0 unspecified atom stereocenters. The first-order chi connectivity index (χ1) is 20.1. The van der Waals surface area contributed by atoms with Crippen LogP contribution in [0.5, 0.6) is 0 Å². The second-order valence-corrected chi connectivity index (χ2v) is 10.1. The zero-order valence-corrected chi connectivity index (χ0v) is 25.7. The number of benzene rings is 3. The lowest BCUT2D eigenvalue weighted by molar-refractivity contribution is 0.0450. The molecule has 3 aromatic carbocycles. The van der Waals surface area contributed by atoms with Crippen molar-refractivity contribution in [3.8, 4) is 0 Å². The minimum atomic E-state index is -0.444. The number of esters is 2. The maximum atomic E-state index is 12.4. The summed E-state index contributed by atoms with van der Waals surface area (Å²) in [5, 5.41) is 2.62. The molecule has 0 saturated heterocycles. The number of unbranched alkanes of at least 4 members (excludes halogenated alkanes) is 10. The van der Waals surface area contributed by atoms with Crippen molar-refractivity contribution in [2.24, 2.45) is 0 Å². The third kappa shape index (κ3) is 16.5. The van der Waals surface area contributed by atoms with Gasteiger partial charge in [0, 0.05) is 0 Å². The van der Waals surface area contributed by atoms with E-state index in [4.69, 9.17) is 9.47 Å². The van der Waals surface area contributed by atoms with Crippen molar-refractivity contribution in [3.05, 3.63) is 96.6 Å². The second kappa shape index (κ2) is 24.4. The van der Waals surface area contributed by atoms with Gasteiger partial charge >= 0.3 is 11.9 Å². The number of hydrogen-bond acceptors (Lipinski definition) is 4. The highest BCUT2D eigenvalue weighted by molar-refractivity contribution is 6.03. The Morgan fingerprint density at radius 3 is 1.20 bits per heavy atom. The molecule has 0 aliphatic rings. The Kier molecular flexibility index (Phi) is 21.2. The molecule has 0 fully saturated rings. The summed E-state index contributed by atoms with van der Waals surface area (Å²) in [7, 11) is 0. The van der Waals surface area contributed by atoms with Crippen molar-refractivity contribution in [2.75, 3.05) is 13.2 Å². The Morgan fingerprint density at radius 1 is 0.561 bits per heavy atom. The summed E-state index contributed by atoms with van der Waals surface area (Å²) < 4.78 is 10.7. The van der Waals surface area contributed by atoms with Crippen LogP contribution in [0.15, 0.2) is 85.5 Å². The summed E-state index contributed by atoms with van der Waals surface area (Å²) >= 11 is 0. The normalized spacial score (nSPS) is 10.0. The predicted molar refractivity (Wildman–Crippen MR) is 174 cm³/mol. The molecule has 0 aliphatic heterocycles. The molecule has 4 heteroatoms. The molecule has 3 rings (SSSR count).